The summed E-state index contributed by atoms with van der Waals surface area (Å²) in [5, 5.41) is 11.7. The van der Waals surface area contributed by atoms with Crippen molar-refractivity contribution in [2.75, 3.05) is 6.54 Å². The second-order valence-corrected chi connectivity index (χ2v) is 7.90. The Morgan fingerprint density at radius 1 is 1.42 bits per heavy atom. The number of nitrogens with one attached hydrogen (secondary N) is 1. The van der Waals surface area contributed by atoms with E-state index in [1.54, 1.807) is 11.3 Å². The molecule has 1 unspecified atom stereocenters. The first-order valence-electron chi connectivity index (χ1n) is 6.23. The van der Waals surface area contributed by atoms with Gasteiger partial charge in [-0.15, -0.1) is 16.4 Å². The van der Waals surface area contributed by atoms with E-state index in [1.807, 2.05) is 10.9 Å². The third-order valence-corrected chi connectivity index (χ3v) is 5.17. The van der Waals surface area contributed by atoms with Crippen molar-refractivity contribution in [3.63, 3.8) is 0 Å². The minimum Gasteiger partial charge on any atom is -0.305 e. The quantitative estimate of drug-likeness (QED) is 0.787. The zero-order chi connectivity index (χ0) is 13.8. The molecule has 0 aliphatic rings. The summed E-state index contributed by atoms with van der Waals surface area (Å²) in [6, 6.07) is 2.26. The highest BCUT2D eigenvalue weighted by atomic mass is 79.9. The highest BCUT2D eigenvalue weighted by molar-refractivity contribution is 9.12. The van der Waals surface area contributed by atoms with Gasteiger partial charge in [0.25, 0.3) is 0 Å². The van der Waals surface area contributed by atoms with Crippen LogP contribution in [-0.2, 0) is 6.54 Å². The SMILES string of the molecule is CCCn1nncc1C(NCC)c1cc(Br)sc1Br. The Bertz CT molecular complexity index is 538. The molecular weight excluding hydrogens is 392 g/mol. The summed E-state index contributed by atoms with van der Waals surface area (Å²) in [6.07, 6.45) is 2.89. The van der Waals surface area contributed by atoms with Crippen molar-refractivity contribution >= 4 is 43.2 Å². The van der Waals surface area contributed by atoms with E-state index in [4.69, 9.17) is 0 Å². The van der Waals surface area contributed by atoms with Gasteiger partial charge >= 0.3 is 0 Å². The van der Waals surface area contributed by atoms with Crippen LogP contribution in [0.15, 0.2) is 19.8 Å². The zero-order valence-electron chi connectivity index (χ0n) is 10.9. The van der Waals surface area contributed by atoms with Crippen molar-refractivity contribution in [3.05, 3.63) is 31.1 Å². The highest BCUT2D eigenvalue weighted by Crippen LogP contribution is 2.37. The molecule has 1 atom stereocenters. The van der Waals surface area contributed by atoms with Gasteiger partial charge in [-0.25, -0.2) is 4.68 Å². The lowest BCUT2D eigenvalue weighted by Crippen LogP contribution is -2.24. The zero-order valence-corrected chi connectivity index (χ0v) is 14.8. The van der Waals surface area contributed by atoms with E-state index in [0.29, 0.717) is 0 Å². The minimum absolute atomic E-state index is 0.114. The summed E-state index contributed by atoms with van der Waals surface area (Å²) in [5.74, 6) is 0. The monoisotopic (exact) mass is 406 g/mol. The summed E-state index contributed by atoms with van der Waals surface area (Å²) in [4.78, 5) is 0. The molecule has 0 saturated carbocycles. The van der Waals surface area contributed by atoms with Crippen LogP contribution in [0.25, 0.3) is 0 Å². The van der Waals surface area contributed by atoms with Crippen molar-refractivity contribution in [1.29, 1.82) is 0 Å². The van der Waals surface area contributed by atoms with Crippen molar-refractivity contribution < 1.29 is 0 Å². The Kier molecular flexibility index (Phi) is 5.56. The van der Waals surface area contributed by atoms with Crippen LogP contribution in [0, 0.1) is 0 Å². The van der Waals surface area contributed by atoms with Crippen molar-refractivity contribution in [3.8, 4) is 0 Å². The fourth-order valence-corrected chi connectivity index (χ4v) is 4.90. The van der Waals surface area contributed by atoms with E-state index in [2.05, 4.69) is 67.4 Å². The standard InChI is InChI=1S/C12H16Br2N4S/c1-3-5-18-9(7-16-17-18)11(15-4-2)8-6-10(13)19-12(8)14/h6-7,11,15H,3-5H2,1-2H3. The Morgan fingerprint density at radius 3 is 2.79 bits per heavy atom. The number of rotatable bonds is 6. The van der Waals surface area contributed by atoms with E-state index in [0.717, 1.165) is 32.8 Å². The number of hydrogen-bond donors (Lipinski definition) is 1. The van der Waals surface area contributed by atoms with Crippen LogP contribution in [0.5, 0.6) is 0 Å². The molecule has 0 saturated heterocycles. The first kappa shape index (κ1) is 15.2. The van der Waals surface area contributed by atoms with Crippen molar-refractivity contribution in [2.24, 2.45) is 0 Å². The molecule has 104 valence electrons. The predicted molar refractivity (Wildman–Crippen MR) is 85.6 cm³/mol. The van der Waals surface area contributed by atoms with Gasteiger partial charge in [0.1, 0.15) is 0 Å². The van der Waals surface area contributed by atoms with E-state index >= 15 is 0 Å². The van der Waals surface area contributed by atoms with E-state index in [-0.39, 0.29) is 6.04 Å². The van der Waals surface area contributed by atoms with Crippen LogP contribution in [0.4, 0.5) is 0 Å². The molecule has 0 bridgehead atoms. The molecule has 2 aromatic heterocycles. The second-order valence-electron chi connectivity index (χ2n) is 4.15. The molecule has 0 aliphatic heterocycles. The molecule has 0 radical (unpaired) electrons. The van der Waals surface area contributed by atoms with Gasteiger partial charge in [-0.05, 0) is 50.9 Å². The van der Waals surface area contributed by atoms with Crippen LogP contribution in [0.2, 0.25) is 0 Å². The fraction of sp³-hybridized carbons (Fsp3) is 0.500. The van der Waals surface area contributed by atoms with Crippen LogP contribution in [0.3, 0.4) is 0 Å². The lowest BCUT2D eigenvalue weighted by molar-refractivity contribution is 0.511. The van der Waals surface area contributed by atoms with Gasteiger partial charge < -0.3 is 5.32 Å². The van der Waals surface area contributed by atoms with Crippen LogP contribution in [-0.4, -0.2) is 21.5 Å². The number of nitrogens with zero attached hydrogens (tertiary/aromatic N) is 3. The van der Waals surface area contributed by atoms with Crippen molar-refractivity contribution in [1.82, 2.24) is 20.3 Å². The van der Waals surface area contributed by atoms with Crippen LogP contribution < -0.4 is 5.32 Å². The maximum Gasteiger partial charge on any atom is 0.0802 e. The summed E-state index contributed by atoms with van der Waals surface area (Å²) >= 11 is 8.86. The average Bonchev–Trinajstić information content (AvgIpc) is 2.94. The summed E-state index contributed by atoms with van der Waals surface area (Å²) in [7, 11) is 0. The topological polar surface area (TPSA) is 42.7 Å². The third-order valence-electron chi connectivity index (χ3n) is 2.78. The Hall–Kier alpha value is -0.240. The molecule has 7 heteroatoms. The maximum atomic E-state index is 4.17. The Labute approximate surface area is 133 Å². The number of halogens is 2. The smallest absolute Gasteiger partial charge is 0.0802 e. The second kappa shape index (κ2) is 6.97. The minimum atomic E-state index is 0.114. The lowest BCUT2D eigenvalue weighted by atomic mass is 10.1. The summed E-state index contributed by atoms with van der Waals surface area (Å²) in [5.41, 5.74) is 2.33. The fourth-order valence-electron chi connectivity index (χ4n) is 2.00. The average molecular weight is 408 g/mol. The van der Waals surface area contributed by atoms with E-state index in [1.165, 1.54) is 5.56 Å². The number of aryl methyl sites for hydroxylation is 1. The van der Waals surface area contributed by atoms with Gasteiger partial charge in [-0.3, -0.25) is 0 Å². The number of thiophene rings is 1. The summed E-state index contributed by atoms with van der Waals surface area (Å²) in [6.45, 7) is 6.03. The van der Waals surface area contributed by atoms with Gasteiger partial charge in [0.2, 0.25) is 0 Å². The molecule has 0 fully saturated rings. The maximum absolute atomic E-state index is 4.17. The normalized spacial score (nSPS) is 12.8. The lowest BCUT2D eigenvalue weighted by Gasteiger charge is -2.18. The molecule has 19 heavy (non-hydrogen) atoms. The van der Waals surface area contributed by atoms with Crippen LogP contribution in [0.1, 0.15) is 37.6 Å². The van der Waals surface area contributed by atoms with Gasteiger partial charge in [0.15, 0.2) is 0 Å². The molecule has 2 heterocycles. The van der Waals surface area contributed by atoms with Crippen LogP contribution >= 0.6 is 43.2 Å². The predicted octanol–water partition coefficient (Wildman–Crippen LogP) is 3.97. The van der Waals surface area contributed by atoms with E-state index in [9.17, 15) is 0 Å². The first-order valence-corrected chi connectivity index (χ1v) is 8.64. The van der Waals surface area contributed by atoms with Gasteiger partial charge in [-0.1, -0.05) is 19.1 Å². The molecule has 0 spiro atoms. The first-order chi connectivity index (χ1) is 9.17. The number of aromatic nitrogens is 3. The van der Waals surface area contributed by atoms with Gasteiger partial charge in [0.05, 0.1) is 25.5 Å². The van der Waals surface area contributed by atoms with Gasteiger partial charge in [-0.2, -0.15) is 0 Å². The molecule has 2 rings (SSSR count). The third kappa shape index (κ3) is 3.45. The molecule has 2 aromatic rings. The van der Waals surface area contributed by atoms with Crippen molar-refractivity contribution in [2.45, 2.75) is 32.9 Å². The molecule has 4 nitrogen and oxygen atoms in total. The molecule has 1 N–H and O–H groups in total. The molecule has 0 aromatic carbocycles. The highest BCUT2D eigenvalue weighted by Gasteiger charge is 2.22. The Balaban J connectivity index is 2.39. The molecular formula is C12H16Br2N4S. The summed E-state index contributed by atoms with van der Waals surface area (Å²) < 4.78 is 4.23. The largest absolute Gasteiger partial charge is 0.305 e. The Morgan fingerprint density at radius 2 is 2.21 bits per heavy atom. The van der Waals surface area contributed by atoms with E-state index < -0.39 is 0 Å². The molecule has 0 aliphatic carbocycles. The van der Waals surface area contributed by atoms with Gasteiger partial charge in [0, 0.05) is 12.1 Å². The molecule has 0 amide bonds. The number of hydrogen-bond acceptors (Lipinski definition) is 4.